The molecule has 32 heavy (non-hydrogen) atoms. The Labute approximate surface area is 192 Å². The molecule has 4 aromatic rings. The molecule has 1 aliphatic rings. The van der Waals surface area contributed by atoms with Gasteiger partial charge in [-0.3, -0.25) is 15.0 Å². The zero-order chi connectivity index (χ0) is 22.4. The van der Waals surface area contributed by atoms with E-state index in [0.717, 1.165) is 22.3 Å². The predicted octanol–water partition coefficient (Wildman–Crippen LogP) is 4.88. The van der Waals surface area contributed by atoms with Gasteiger partial charge in [-0.2, -0.15) is 5.10 Å². The van der Waals surface area contributed by atoms with Gasteiger partial charge in [-0.1, -0.05) is 23.2 Å². The van der Waals surface area contributed by atoms with Crippen LogP contribution in [0.2, 0.25) is 10.0 Å². The van der Waals surface area contributed by atoms with Crippen molar-refractivity contribution in [2.24, 2.45) is 0 Å². The summed E-state index contributed by atoms with van der Waals surface area (Å²) in [5, 5.41) is 9.18. The normalized spacial score (nSPS) is 13.9. The van der Waals surface area contributed by atoms with E-state index in [9.17, 15) is 4.79 Å². The Bertz CT molecular complexity index is 1290. The van der Waals surface area contributed by atoms with Crippen molar-refractivity contribution in [2.75, 3.05) is 7.11 Å². The third-order valence-electron chi connectivity index (χ3n) is 5.36. The maximum Gasteiger partial charge on any atom is 0.410 e. The number of rotatable bonds is 4. The molecule has 11 heteroatoms. The van der Waals surface area contributed by atoms with Gasteiger partial charge in [0, 0.05) is 23.3 Å². The number of hydrogen-bond acceptors (Lipinski definition) is 6. The van der Waals surface area contributed by atoms with Gasteiger partial charge in [-0.15, -0.1) is 0 Å². The second-order valence-electron chi connectivity index (χ2n) is 7.39. The molecule has 9 nitrogen and oxygen atoms in total. The highest BCUT2D eigenvalue weighted by Gasteiger charge is 2.28. The zero-order valence-corrected chi connectivity index (χ0v) is 18.7. The third-order valence-corrected chi connectivity index (χ3v) is 5.96. The molecule has 0 saturated heterocycles. The quantitative estimate of drug-likeness (QED) is 0.438. The van der Waals surface area contributed by atoms with Crippen molar-refractivity contribution < 1.29 is 14.3 Å². The number of pyridine rings is 1. The van der Waals surface area contributed by atoms with E-state index < -0.39 is 0 Å². The minimum Gasteiger partial charge on any atom is -0.486 e. The molecule has 0 aliphatic carbocycles. The highest BCUT2D eigenvalue weighted by atomic mass is 35.5. The molecule has 0 saturated carbocycles. The summed E-state index contributed by atoms with van der Waals surface area (Å²) in [4.78, 5) is 25.2. The molecule has 1 amide bonds. The zero-order valence-electron chi connectivity index (χ0n) is 17.1. The fourth-order valence-corrected chi connectivity index (χ4v) is 4.50. The molecule has 2 N–H and O–H groups in total. The molecular weight excluding hydrogens is 455 g/mol. The van der Waals surface area contributed by atoms with Crippen LogP contribution in [-0.2, 0) is 17.8 Å². The standard InChI is InChI=1S/C21H18Cl2N6O3/c1-10(18-13(22)6-24-7-14(18)23)32-11-3-4-15-12(5-11)19(28-27-15)20-25-16-8-29(21(30)31-2)9-17(16)26-20/h3-7,10H,8-9H2,1-2H3,(H,25,26)(H,27,28). The summed E-state index contributed by atoms with van der Waals surface area (Å²) in [5.74, 6) is 1.25. The van der Waals surface area contributed by atoms with Gasteiger partial charge in [0.15, 0.2) is 5.82 Å². The molecule has 1 aromatic carbocycles. The summed E-state index contributed by atoms with van der Waals surface area (Å²) in [6, 6.07) is 5.63. The maximum absolute atomic E-state index is 11.7. The van der Waals surface area contributed by atoms with E-state index in [2.05, 4.69) is 25.1 Å². The van der Waals surface area contributed by atoms with Crippen LogP contribution < -0.4 is 4.74 Å². The molecule has 4 heterocycles. The van der Waals surface area contributed by atoms with Crippen LogP contribution in [0.1, 0.15) is 30.0 Å². The van der Waals surface area contributed by atoms with E-state index >= 15 is 0 Å². The number of halogens is 2. The molecule has 1 atom stereocenters. The summed E-state index contributed by atoms with van der Waals surface area (Å²) in [5.41, 5.74) is 3.84. The van der Waals surface area contributed by atoms with Crippen molar-refractivity contribution in [3.05, 3.63) is 57.6 Å². The van der Waals surface area contributed by atoms with Crippen molar-refractivity contribution in [3.8, 4) is 17.3 Å². The van der Waals surface area contributed by atoms with Crippen molar-refractivity contribution in [1.29, 1.82) is 0 Å². The minimum atomic E-state index is -0.387. The summed E-state index contributed by atoms with van der Waals surface area (Å²) >= 11 is 12.5. The lowest BCUT2D eigenvalue weighted by molar-refractivity contribution is 0.122. The monoisotopic (exact) mass is 472 g/mol. The molecule has 1 unspecified atom stereocenters. The van der Waals surface area contributed by atoms with Crippen LogP contribution in [0.3, 0.4) is 0 Å². The van der Waals surface area contributed by atoms with Gasteiger partial charge in [-0.25, -0.2) is 9.78 Å². The first-order valence-electron chi connectivity index (χ1n) is 9.79. The fraction of sp³-hybridized carbons (Fsp3) is 0.238. The largest absolute Gasteiger partial charge is 0.486 e. The average Bonchev–Trinajstić information content (AvgIpc) is 3.45. The summed E-state index contributed by atoms with van der Waals surface area (Å²) < 4.78 is 10.9. The number of hydrogen-bond donors (Lipinski definition) is 2. The summed E-state index contributed by atoms with van der Waals surface area (Å²) in [6.07, 6.45) is 2.31. The van der Waals surface area contributed by atoms with E-state index in [1.165, 1.54) is 19.5 Å². The molecule has 0 radical (unpaired) electrons. The van der Waals surface area contributed by atoms with Crippen LogP contribution >= 0.6 is 23.2 Å². The van der Waals surface area contributed by atoms with Gasteiger partial charge in [-0.05, 0) is 25.1 Å². The van der Waals surface area contributed by atoms with Gasteiger partial charge in [0.1, 0.15) is 17.5 Å². The van der Waals surface area contributed by atoms with Crippen LogP contribution in [0.5, 0.6) is 5.75 Å². The number of imidazole rings is 1. The SMILES string of the molecule is COC(=O)N1Cc2nc(-c3n[nH]c4ccc(OC(C)c5c(Cl)cncc5Cl)cc34)[nH]c2C1. The average molecular weight is 473 g/mol. The lowest BCUT2D eigenvalue weighted by atomic mass is 10.1. The van der Waals surface area contributed by atoms with Gasteiger partial charge in [0.25, 0.3) is 0 Å². The summed E-state index contributed by atoms with van der Waals surface area (Å²) in [6.45, 7) is 2.68. The van der Waals surface area contributed by atoms with Crippen LogP contribution in [0.25, 0.3) is 22.4 Å². The molecule has 0 bridgehead atoms. The molecule has 5 rings (SSSR count). The van der Waals surface area contributed by atoms with Crippen LogP contribution in [-0.4, -0.2) is 43.3 Å². The van der Waals surface area contributed by atoms with Crippen LogP contribution in [0.4, 0.5) is 4.79 Å². The molecule has 1 aliphatic heterocycles. The smallest absolute Gasteiger partial charge is 0.410 e. The highest BCUT2D eigenvalue weighted by molar-refractivity contribution is 6.35. The molecule has 3 aromatic heterocycles. The lowest BCUT2D eigenvalue weighted by Gasteiger charge is -2.17. The van der Waals surface area contributed by atoms with Gasteiger partial charge in [0.05, 0.1) is 47.1 Å². The number of ether oxygens (including phenoxy) is 2. The Hall–Kier alpha value is -3.30. The number of carbonyl (C=O) groups is 1. The Balaban J connectivity index is 1.43. The second-order valence-corrected chi connectivity index (χ2v) is 8.21. The maximum atomic E-state index is 11.7. The van der Waals surface area contributed by atoms with Crippen LogP contribution in [0, 0.1) is 0 Å². The number of benzene rings is 1. The Kier molecular flexibility index (Phi) is 5.15. The van der Waals surface area contributed by atoms with Crippen molar-refractivity contribution in [2.45, 2.75) is 26.1 Å². The first-order valence-corrected chi connectivity index (χ1v) is 10.5. The number of nitrogens with one attached hydrogen (secondary N) is 2. The van der Waals surface area contributed by atoms with E-state index in [1.807, 2.05) is 25.1 Å². The number of H-pyrrole nitrogens is 2. The minimum absolute atomic E-state index is 0.381. The molecule has 0 spiro atoms. The number of amides is 1. The highest BCUT2D eigenvalue weighted by Crippen LogP contribution is 2.35. The predicted molar refractivity (Wildman–Crippen MR) is 119 cm³/mol. The number of aromatic nitrogens is 5. The molecule has 164 valence electrons. The van der Waals surface area contributed by atoms with E-state index in [0.29, 0.717) is 46.0 Å². The number of carbonyl (C=O) groups excluding carboxylic acids is 1. The van der Waals surface area contributed by atoms with E-state index in [4.69, 9.17) is 32.7 Å². The van der Waals surface area contributed by atoms with E-state index in [-0.39, 0.29) is 12.2 Å². The Morgan fingerprint density at radius 1 is 1.22 bits per heavy atom. The fourth-order valence-electron chi connectivity index (χ4n) is 3.82. The van der Waals surface area contributed by atoms with Crippen molar-refractivity contribution >= 4 is 40.2 Å². The number of nitrogens with zero attached hydrogens (tertiary/aromatic N) is 4. The number of fused-ring (bicyclic) bond motifs is 2. The lowest BCUT2D eigenvalue weighted by Crippen LogP contribution is -2.25. The Morgan fingerprint density at radius 3 is 2.72 bits per heavy atom. The van der Waals surface area contributed by atoms with Crippen LogP contribution in [0.15, 0.2) is 30.6 Å². The van der Waals surface area contributed by atoms with Crippen molar-refractivity contribution in [3.63, 3.8) is 0 Å². The molecular formula is C21H18Cl2N6O3. The van der Waals surface area contributed by atoms with Gasteiger partial charge < -0.3 is 14.5 Å². The Morgan fingerprint density at radius 2 is 2.00 bits per heavy atom. The molecule has 0 fully saturated rings. The second kappa shape index (κ2) is 7.99. The number of aromatic amines is 2. The van der Waals surface area contributed by atoms with Gasteiger partial charge >= 0.3 is 6.09 Å². The van der Waals surface area contributed by atoms with Gasteiger partial charge in [0.2, 0.25) is 0 Å². The third kappa shape index (κ3) is 3.53. The summed E-state index contributed by atoms with van der Waals surface area (Å²) in [7, 11) is 1.36. The first-order chi connectivity index (χ1) is 15.4. The topological polar surface area (TPSA) is 109 Å². The van der Waals surface area contributed by atoms with E-state index in [1.54, 1.807) is 4.90 Å². The first kappa shape index (κ1) is 20.6. The number of methoxy groups -OCH3 is 1. The van der Waals surface area contributed by atoms with Crippen molar-refractivity contribution in [1.82, 2.24) is 30.0 Å².